The summed E-state index contributed by atoms with van der Waals surface area (Å²) < 4.78 is 20.3. The van der Waals surface area contributed by atoms with Crippen LogP contribution in [0.15, 0.2) is 36.4 Å². The molecule has 10 heteroatoms. The Labute approximate surface area is 203 Å². The van der Waals surface area contributed by atoms with Gasteiger partial charge in [0.15, 0.2) is 0 Å². The lowest BCUT2D eigenvalue weighted by Gasteiger charge is -2.22. The molecule has 0 unspecified atom stereocenters. The molecule has 0 atom stereocenters. The van der Waals surface area contributed by atoms with Crippen LogP contribution >= 0.6 is 0 Å². The summed E-state index contributed by atoms with van der Waals surface area (Å²) in [5.74, 6) is -0.925. The number of benzene rings is 2. The zero-order valence-corrected chi connectivity index (χ0v) is 20.2. The summed E-state index contributed by atoms with van der Waals surface area (Å²) in [4.78, 5) is 53.4. The van der Waals surface area contributed by atoms with Gasteiger partial charge in [-0.25, -0.2) is 0 Å². The lowest BCUT2D eigenvalue weighted by atomic mass is 10.0. The summed E-state index contributed by atoms with van der Waals surface area (Å²) in [6.07, 6.45) is 0.505. The number of hydrogen-bond acceptors (Lipinski definition) is 8. The fraction of sp³-hybridized carbons (Fsp3) is 0.360. The number of nitrogens with zero attached hydrogens (tertiary/aromatic N) is 2. The molecular formula is C25H28N2O8. The maximum atomic E-state index is 13.4. The highest BCUT2D eigenvalue weighted by molar-refractivity contribution is 6.22. The van der Waals surface area contributed by atoms with E-state index in [2.05, 4.69) is 0 Å². The smallest absolute Gasteiger partial charge is 0.325 e. The number of amides is 3. The van der Waals surface area contributed by atoms with E-state index in [4.69, 9.17) is 18.9 Å². The minimum atomic E-state index is -0.607. The summed E-state index contributed by atoms with van der Waals surface area (Å²) in [6.45, 7) is 0.362. The quantitative estimate of drug-likeness (QED) is 0.271. The average molecular weight is 485 g/mol. The fourth-order valence-corrected chi connectivity index (χ4v) is 3.77. The van der Waals surface area contributed by atoms with Crippen molar-refractivity contribution in [2.75, 3.05) is 48.1 Å². The Bertz CT molecular complexity index is 1110. The van der Waals surface area contributed by atoms with Crippen LogP contribution < -0.4 is 9.47 Å². The Morgan fingerprint density at radius 3 is 2.14 bits per heavy atom. The van der Waals surface area contributed by atoms with Crippen molar-refractivity contribution in [1.29, 1.82) is 0 Å². The van der Waals surface area contributed by atoms with E-state index >= 15 is 0 Å². The number of methoxy groups -OCH3 is 4. The van der Waals surface area contributed by atoms with Gasteiger partial charge in [-0.2, -0.15) is 0 Å². The van der Waals surface area contributed by atoms with Crippen molar-refractivity contribution in [1.82, 2.24) is 9.80 Å². The summed E-state index contributed by atoms with van der Waals surface area (Å²) in [7, 11) is 5.80. The first-order chi connectivity index (χ1) is 16.8. The van der Waals surface area contributed by atoms with Crippen molar-refractivity contribution in [2.45, 2.75) is 13.0 Å². The van der Waals surface area contributed by atoms with Gasteiger partial charge in [-0.3, -0.25) is 24.1 Å². The third-order valence-electron chi connectivity index (χ3n) is 5.57. The molecule has 10 nitrogen and oxygen atoms in total. The number of rotatable bonds is 11. The molecule has 1 aliphatic rings. The van der Waals surface area contributed by atoms with Crippen LogP contribution in [-0.2, 0) is 20.8 Å². The van der Waals surface area contributed by atoms with Crippen LogP contribution in [0.1, 0.15) is 43.1 Å². The van der Waals surface area contributed by atoms with E-state index in [0.29, 0.717) is 30.1 Å². The second-order valence-corrected chi connectivity index (χ2v) is 7.83. The second kappa shape index (κ2) is 11.5. The lowest BCUT2D eigenvalue weighted by molar-refractivity contribution is -0.141. The molecule has 35 heavy (non-hydrogen) atoms. The maximum absolute atomic E-state index is 13.4. The molecule has 3 rings (SSSR count). The minimum Gasteiger partial charge on any atom is -0.497 e. The first-order valence-electron chi connectivity index (χ1n) is 10.9. The highest BCUT2D eigenvalue weighted by Crippen LogP contribution is 2.26. The van der Waals surface area contributed by atoms with Crippen LogP contribution in [-0.4, -0.2) is 81.6 Å². The van der Waals surface area contributed by atoms with E-state index in [1.807, 2.05) is 0 Å². The molecule has 0 spiro atoms. The van der Waals surface area contributed by atoms with E-state index in [1.165, 1.54) is 44.4 Å². The molecule has 0 bridgehead atoms. The van der Waals surface area contributed by atoms with Crippen LogP contribution in [0.2, 0.25) is 0 Å². The monoisotopic (exact) mass is 484 g/mol. The van der Waals surface area contributed by atoms with Gasteiger partial charge < -0.3 is 23.8 Å². The molecule has 2 aromatic rings. The fourth-order valence-electron chi connectivity index (χ4n) is 3.77. The van der Waals surface area contributed by atoms with Gasteiger partial charge in [0.05, 0.1) is 32.5 Å². The van der Waals surface area contributed by atoms with Crippen LogP contribution in [0, 0.1) is 0 Å². The predicted octanol–water partition coefficient (Wildman–Crippen LogP) is 2.15. The molecule has 0 N–H and O–H groups in total. The molecule has 0 aromatic heterocycles. The molecule has 186 valence electrons. The number of carbonyl (C=O) groups excluding carboxylic acids is 4. The van der Waals surface area contributed by atoms with Crippen molar-refractivity contribution in [2.24, 2.45) is 0 Å². The Kier molecular flexibility index (Phi) is 8.43. The molecule has 0 fully saturated rings. The highest BCUT2D eigenvalue weighted by atomic mass is 16.5. The normalized spacial score (nSPS) is 12.4. The summed E-state index contributed by atoms with van der Waals surface area (Å²) in [5.41, 5.74) is 1.22. The van der Waals surface area contributed by atoms with Crippen LogP contribution in [0.3, 0.4) is 0 Å². The Morgan fingerprint density at radius 1 is 0.886 bits per heavy atom. The molecule has 0 saturated heterocycles. The lowest BCUT2D eigenvalue weighted by Crippen LogP contribution is -2.36. The van der Waals surface area contributed by atoms with Gasteiger partial charge in [0, 0.05) is 38.4 Å². The summed E-state index contributed by atoms with van der Waals surface area (Å²) >= 11 is 0. The van der Waals surface area contributed by atoms with E-state index < -0.39 is 23.7 Å². The number of ether oxygens (including phenoxy) is 4. The van der Waals surface area contributed by atoms with Gasteiger partial charge in [-0.15, -0.1) is 0 Å². The molecule has 0 saturated carbocycles. The van der Waals surface area contributed by atoms with Crippen molar-refractivity contribution in [3.8, 4) is 11.5 Å². The van der Waals surface area contributed by atoms with Crippen molar-refractivity contribution >= 4 is 23.7 Å². The first kappa shape index (κ1) is 25.7. The number of carbonyl (C=O) groups is 4. The van der Waals surface area contributed by atoms with E-state index in [-0.39, 0.29) is 36.3 Å². The summed E-state index contributed by atoms with van der Waals surface area (Å²) in [5, 5.41) is 0. The van der Waals surface area contributed by atoms with Crippen LogP contribution in [0.5, 0.6) is 11.5 Å². The Morgan fingerprint density at radius 2 is 1.54 bits per heavy atom. The minimum absolute atomic E-state index is 0.0502. The van der Waals surface area contributed by atoms with E-state index in [9.17, 15) is 19.2 Å². The molecule has 1 aliphatic heterocycles. The molecule has 1 heterocycles. The van der Waals surface area contributed by atoms with Crippen LogP contribution in [0.25, 0.3) is 0 Å². The van der Waals surface area contributed by atoms with E-state index in [0.717, 1.165) is 4.90 Å². The topological polar surface area (TPSA) is 112 Å². The third-order valence-corrected chi connectivity index (χ3v) is 5.57. The molecule has 2 aromatic carbocycles. The van der Waals surface area contributed by atoms with Crippen molar-refractivity contribution in [3.63, 3.8) is 0 Å². The number of imide groups is 1. The Hall–Kier alpha value is -3.92. The SMILES string of the molecule is COCCCN1C(=O)c2ccc(C(=O)N(CC(=O)OC)Cc3cc(OC)cc(OC)c3)cc2C1=O. The van der Waals surface area contributed by atoms with Gasteiger partial charge in [0.1, 0.15) is 18.0 Å². The third kappa shape index (κ3) is 5.78. The number of esters is 1. The zero-order chi connectivity index (χ0) is 25.5. The van der Waals surface area contributed by atoms with Crippen molar-refractivity contribution in [3.05, 3.63) is 58.7 Å². The number of fused-ring (bicyclic) bond motifs is 1. The zero-order valence-electron chi connectivity index (χ0n) is 20.2. The average Bonchev–Trinajstić information content (AvgIpc) is 3.11. The predicted molar refractivity (Wildman–Crippen MR) is 125 cm³/mol. The Balaban J connectivity index is 1.89. The van der Waals surface area contributed by atoms with Gasteiger partial charge in [-0.1, -0.05) is 0 Å². The maximum Gasteiger partial charge on any atom is 0.325 e. The van der Waals surface area contributed by atoms with Crippen molar-refractivity contribution < 1.29 is 38.1 Å². The van der Waals surface area contributed by atoms with Gasteiger partial charge in [0.25, 0.3) is 17.7 Å². The largest absolute Gasteiger partial charge is 0.497 e. The second-order valence-electron chi connectivity index (χ2n) is 7.83. The van der Waals surface area contributed by atoms with Crippen LogP contribution in [0.4, 0.5) is 0 Å². The first-order valence-corrected chi connectivity index (χ1v) is 10.9. The van der Waals surface area contributed by atoms with Gasteiger partial charge in [-0.05, 0) is 42.3 Å². The standard InChI is InChI=1S/C25H28N2O8/c1-32-9-5-8-27-24(30)20-7-6-17(12-21(20)25(27)31)23(29)26(15-22(28)35-4)14-16-10-18(33-2)13-19(11-16)34-3/h6-7,10-13H,5,8-9,14-15H2,1-4H3. The highest BCUT2D eigenvalue weighted by Gasteiger charge is 2.36. The van der Waals surface area contributed by atoms with E-state index in [1.54, 1.807) is 25.3 Å². The molecular weight excluding hydrogens is 456 g/mol. The van der Waals surface area contributed by atoms with Gasteiger partial charge >= 0.3 is 5.97 Å². The summed E-state index contributed by atoms with van der Waals surface area (Å²) in [6, 6.07) is 9.47. The van der Waals surface area contributed by atoms with Gasteiger partial charge in [0.2, 0.25) is 0 Å². The molecule has 3 amide bonds. The molecule has 0 aliphatic carbocycles. The number of hydrogen-bond donors (Lipinski definition) is 0. The molecule has 0 radical (unpaired) electrons.